The first-order valence-electron chi connectivity index (χ1n) is 15.5. The molecule has 6 nitrogen and oxygen atoms in total. The summed E-state index contributed by atoms with van der Waals surface area (Å²) in [5.41, 5.74) is 6.02. The largest absolute Gasteiger partial charge is 0.494 e. The Balaban J connectivity index is 1.42. The zero-order valence-electron chi connectivity index (χ0n) is 26.2. The Morgan fingerprint density at radius 2 is 0.978 bits per heavy atom. The highest BCUT2D eigenvalue weighted by Gasteiger charge is 2.52. The van der Waals surface area contributed by atoms with Crippen molar-refractivity contribution in [1.29, 1.82) is 0 Å². The van der Waals surface area contributed by atoms with Crippen LogP contribution in [0.5, 0.6) is 0 Å². The van der Waals surface area contributed by atoms with Crippen LogP contribution in [0.1, 0.15) is 27.7 Å². The van der Waals surface area contributed by atoms with Crippen LogP contribution < -0.4 is 5.46 Å². The van der Waals surface area contributed by atoms with Gasteiger partial charge in [-0.1, -0.05) is 115 Å². The smallest absolute Gasteiger partial charge is 0.455 e. The Labute approximate surface area is 268 Å². The summed E-state index contributed by atoms with van der Waals surface area (Å²) in [4.78, 5) is 15.0. The van der Waals surface area contributed by atoms with Gasteiger partial charge >= 0.3 is 7.12 Å². The van der Waals surface area contributed by atoms with E-state index in [4.69, 9.17) is 28.7 Å². The quantitative estimate of drug-likeness (QED) is 0.184. The molecule has 0 amide bonds. The maximum atomic E-state index is 6.83. The van der Waals surface area contributed by atoms with Crippen LogP contribution in [0.3, 0.4) is 0 Å². The minimum absolute atomic E-state index is 0.500. The molecule has 0 radical (unpaired) electrons. The van der Waals surface area contributed by atoms with Crippen LogP contribution in [0.25, 0.3) is 67.2 Å². The second kappa shape index (κ2) is 10.8. The monoisotopic (exact) mass is 601 g/mol. The highest BCUT2D eigenvalue weighted by atomic mass is 16.7. The molecule has 0 N–H and O–H groups in total. The van der Waals surface area contributed by atoms with Gasteiger partial charge in [0, 0.05) is 27.5 Å². The Bertz CT molecular complexity index is 2140. The summed E-state index contributed by atoms with van der Waals surface area (Å²) in [7, 11) is -0.584. The third-order valence-corrected chi connectivity index (χ3v) is 9.17. The standard InChI is InChI=1S/C39H32BN3O3/c1-38(2)39(3,4)46-40(45-38)28-23-31-30-22-14-21-29(25-15-8-5-9-16-25)33(30)44-34(31)32(24-28)37-42-35(26-17-10-6-11-18-26)41-36(43-37)27-19-12-7-13-20-27/h5-24H,1-4H3. The topological polar surface area (TPSA) is 70.3 Å². The van der Waals surface area contributed by atoms with Gasteiger partial charge in [-0.25, -0.2) is 15.0 Å². The zero-order valence-corrected chi connectivity index (χ0v) is 26.2. The van der Waals surface area contributed by atoms with Crippen LogP contribution >= 0.6 is 0 Å². The fourth-order valence-corrected chi connectivity index (χ4v) is 5.98. The molecule has 7 heteroatoms. The van der Waals surface area contributed by atoms with Crippen molar-refractivity contribution in [1.82, 2.24) is 15.0 Å². The van der Waals surface area contributed by atoms with E-state index in [-0.39, 0.29) is 0 Å². The van der Waals surface area contributed by atoms with E-state index < -0.39 is 18.3 Å². The zero-order chi connectivity index (χ0) is 31.5. The van der Waals surface area contributed by atoms with Crippen LogP contribution in [-0.4, -0.2) is 33.3 Å². The van der Waals surface area contributed by atoms with Crippen molar-refractivity contribution in [2.24, 2.45) is 0 Å². The highest BCUT2D eigenvalue weighted by Crippen LogP contribution is 2.41. The maximum Gasteiger partial charge on any atom is 0.494 e. The summed E-state index contributed by atoms with van der Waals surface area (Å²) in [6, 6.07) is 40.7. The summed E-state index contributed by atoms with van der Waals surface area (Å²) >= 11 is 0. The van der Waals surface area contributed by atoms with Crippen molar-refractivity contribution < 1.29 is 13.7 Å². The molecule has 5 aromatic carbocycles. The predicted octanol–water partition coefficient (Wildman–Crippen LogP) is 8.74. The highest BCUT2D eigenvalue weighted by molar-refractivity contribution is 6.62. The van der Waals surface area contributed by atoms with Gasteiger partial charge in [-0.2, -0.15) is 0 Å². The number of benzene rings is 5. The number of aromatic nitrogens is 3. The van der Waals surface area contributed by atoms with Gasteiger partial charge in [-0.05, 0) is 44.8 Å². The number of rotatable bonds is 5. The molecule has 3 heterocycles. The van der Waals surface area contributed by atoms with Gasteiger partial charge in [0.25, 0.3) is 0 Å². The first kappa shape index (κ1) is 28.4. The third-order valence-electron chi connectivity index (χ3n) is 9.17. The van der Waals surface area contributed by atoms with E-state index >= 15 is 0 Å². The van der Waals surface area contributed by atoms with Crippen molar-refractivity contribution in [2.45, 2.75) is 38.9 Å². The summed E-state index contributed by atoms with van der Waals surface area (Å²) < 4.78 is 19.9. The first-order chi connectivity index (χ1) is 22.3. The average Bonchev–Trinajstić information content (AvgIpc) is 3.57. The maximum absolute atomic E-state index is 6.83. The molecule has 1 fully saturated rings. The minimum Gasteiger partial charge on any atom is -0.455 e. The fraction of sp³-hybridized carbons (Fsp3) is 0.154. The van der Waals surface area contributed by atoms with E-state index in [1.165, 1.54) is 0 Å². The second-order valence-corrected chi connectivity index (χ2v) is 12.7. The molecule has 8 rings (SSSR count). The lowest BCUT2D eigenvalue weighted by atomic mass is 9.77. The lowest BCUT2D eigenvalue weighted by molar-refractivity contribution is 0.00578. The predicted molar refractivity (Wildman–Crippen MR) is 185 cm³/mol. The summed E-state index contributed by atoms with van der Waals surface area (Å²) in [6.45, 7) is 8.26. The van der Waals surface area contributed by atoms with Crippen LogP contribution in [0.15, 0.2) is 126 Å². The molecule has 0 spiro atoms. The van der Waals surface area contributed by atoms with Crippen molar-refractivity contribution in [3.63, 3.8) is 0 Å². The molecular formula is C39H32BN3O3. The number of nitrogens with zero attached hydrogens (tertiary/aromatic N) is 3. The van der Waals surface area contributed by atoms with Gasteiger partial charge in [0.05, 0.1) is 16.8 Å². The first-order valence-corrected chi connectivity index (χ1v) is 15.5. The van der Waals surface area contributed by atoms with Gasteiger partial charge < -0.3 is 13.7 Å². The van der Waals surface area contributed by atoms with Gasteiger partial charge in [0.15, 0.2) is 17.5 Å². The lowest BCUT2D eigenvalue weighted by Crippen LogP contribution is -2.41. The Kier molecular flexibility index (Phi) is 6.64. The summed E-state index contributed by atoms with van der Waals surface area (Å²) in [5, 5.41) is 1.94. The van der Waals surface area contributed by atoms with Crippen LogP contribution in [0, 0.1) is 0 Å². The van der Waals surface area contributed by atoms with Crippen LogP contribution in [-0.2, 0) is 9.31 Å². The van der Waals surface area contributed by atoms with Crippen molar-refractivity contribution in [3.05, 3.63) is 121 Å². The molecule has 7 aromatic rings. The summed E-state index contributed by atoms with van der Waals surface area (Å²) in [5.74, 6) is 1.68. The van der Waals surface area contributed by atoms with Crippen LogP contribution in [0.2, 0.25) is 0 Å². The van der Waals surface area contributed by atoms with E-state index in [9.17, 15) is 0 Å². The Hall–Kier alpha value is -5.11. The second-order valence-electron chi connectivity index (χ2n) is 12.7. The molecule has 46 heavy (non-hydrogen) atoms. The molecule has 0 unspecified atom stereocenters. The molecule has 0 atom stereocenters. The van der Waals surface area contributed by atoms with Crippen molar-refractivity contribution >= 4 is 34.5 Å². The summed E-state index contributed by atoms with van der Waals surface area (Å²) in [6.07, 6.45) is 0. The number of para-hydroxylation sites is 1. The Morgan fingerprint density at radius 3 is 1.54 bits per heavy atom. The van der Waals surface area contributed by atoms with E-state index in [0.717, 1.165) is 49.6 Å². The normalized spacial score (nSPS) is 15.5. The molecule has 1 aliphatic heterocycles. The van der Waals surface area contributed by atoms with Gasteiger partial charge in [-0.15, -0.1) is 0 Å². The molecular weight excluding hydrogens is 569 g/mol. The SMILES string of the molecule is CC1(C)OB(c2cc(-c3nc(-c4ccccc4)nc(-c4ccccc4)n3)c3oc4c(-c5ccccc5)cccc4c3c2)OC1(C)C. The third kappa shape index (κ3) is 4.80. The Morgan fingerprint density at radius 1 is 0.478 bits per heavy atom. The van der Waals surface area contributed by atoms with Gasteiger partial charge in [0.2, 0.25) is 0 Å². The average molecular weight is 602 g/mol. The van der Waals surface area contributed by atoms with Crippen molar-refractivity contribution in [2.75, 3.05) is 0 Å². The lowest BCUT2D eigenvalue weighted by Gasteiger charge is -2.32. The molecule has 0 bridgehead atoms. The van der Waals surface area contributed by atoms with Gasteiger partial charge in [0.1, 0.15) is 11.2 Å². The van der Waals surface area contributed by atoms with Crippen LogP contribution in [0.4, 0.5) is 0 Å². The number of hydrogen-bond donors (Lipinski definition) is 0. The van der Waals surface area contributed by atoms with E-state index in [0.29, 0.717) is 23.1 Å². The molecule has 224 valence electrons. The fourth-order valence-electron chi connectivity index (χ4n) is 5.98. The molecule has 0 aliphatic carbocycles. The number of furan rings is 1. The van der Waals surface area contributed by atoms with Gasteiger partial charge in [-0.3, -0.25) is 0 Å². The number of fused-ring (bicyclic) bond motifs is 3. The molecule has 0 saturated carbocycles. The van der Waals surface area contributed by atoms with E-state index in [1.807, 2.05) is 84.9 Å². The van der Waals surface area contributed by atoms with E-state index in [1.54, 1.807) is 0 Å². The van der Waals surface area contributed by atoms with E-state index in [2.05, 4.69) is 64.1 Å². The van der Waals surface area contributed by atoms with Crippen molar-refractivity contribution in [3.8, 4) is 45.3 Å². The minimum atomic E-state index is -0.584. The molecule has 1 saturated heterocycles. The molecule has 2 aromatic heterocycles. The number of hydrogen-bond acceptors (Lipinski definition) is 6. The molecule has 1 aliphatic rings.